The molecular weight excluding hydrogens is 200 g/mol. The predicted octanol–water partition coefficient (Wildman–Crippen LogP) is 1.86. The SMILES string of the molecule is COC1CCN(CCCC(C)C)C(CN)C1. The van der Waals surface area contributed by atoms with Gasteiger partial charge in [0.15, 0.2) is 0 Å². The number of hydrogen-bond donors (Lipinski definition) is 1. The normalized spacial score (nSPS) is 27.6. The summed E-state index contributed by atoms with van der Waals surface area (Å²) < 4.78 is 5.43. The minimum Gasteiger partial charge on any atom is -0.381 e. The van der Waals surface area contributed by atoms with E-state index >= 15 is 0 Å². The first kappa shape index (κ1) is 13.9. The van der Waals surface area contributed by atoms with Crippen molar-refractivity contribution in [3.8, 4) is 0 Å². The van der Waals surface area contributed by atoms with Gasteiger partial charge in [-0.05, 0) is 38.1 Å². The molecule has 0 radical (unpaired) electrons. The van der Waals surface area contributed by atoms with Crippen LogP contribution in [0.5, 0.6) is 0 Å². The van der Waals surface area contributed by atoms with E-state index in [0.29, 0.717) is 12.1 Å². The van der Waals surface area contributed by atoms with Crippen LogP contribution < -0.4 is 5.73 Å². The highest BCUT2D eigenvalue weighted by molar-refractivity contribution is 4.82. The van der Waals surface area contributed by atoms with Crippen LogP contribution in [0.4, 0.5) is 0 Å². The smallest absolute Gasteiger partial charge is 0.0599 e. The molecule has 16 heavy (non-hydrogen) atoms. The molecule has 0 spiro atoms. The molecule has 1 heterocycles. The highest BCUT2D eigenvalue weighted by atomic mass is 16.5. The summed E-state index contributed by atoms with van der Waals surface area (Å²) in [6.07, 6.45) is 5.31. The predicted molar refractivity (Wildman–Crippen MR) is 68.5 cm³/mol. The second-order valence-corrected chi connectivity index (χ2v) is 5.34. The van der Waals surface area contributed by atoms with Gasteiger partial charge in [0.05, 0.1) is 6.10 Å². The van der Waals surface area contributed by atoms with E-state index in [9.17, 15) is 0 Å². The van der Waals surface area contributed by atoms with E-state index in [0.717, 1.165) is 31.8 Å². The van der Waals surface area contributed by atoms with E-state index in [1.807, 2.05) is 7.11 Å². The quantitative estimate of drug-likeness (QED) is 0.754. The molecule has 0 aromatic rings. The standard InChI is InChI=1S/C13H28N2O/c1-11(2)5-4-7-15-8-6-13(16-3)9-12(15)10-14/h11-13H,4-10,14H2,1-3H3. The number of rotatable bonds is 6. The Hall–Kier alpha value is -0.120. The molecule has 3 nitrogen and oxygen atoms in total. The third kappa shape index (κ3) is 4.40. The van der Waals surface area contributed by atoms with Crippen molar-refractivity contribution >= 4 is 0 Å². The van der Waals surface area contributed by atoms with E-state index < -0.39 is 0 Å². The van der Waals surface area contributed by atoms with Crippen molar-refractivity contribution in [3.05, 3.63) is 0 Å². The van der Waals surface area contributed by atoms with E-state index in [1.54, 1.807) is 0 Å². The van der Waals surface area contributed by atoms with Crippen molar-refractivity contribution in [3.63, 3.8) is 0 Å². The molecule has 0 aromatic carbocycles. The van der Waals surface area contributed by atoms with Gasteiger partial charge >= 0.3 is 0 Å². The Balaban J connectivity index is 2.29. The maximum atomic E-state index is 5.84. The summed E-state index contributed by atoms with van der Waals surface area (Å²) in [7, 11) is 1.81. The first-order valence-electron chi connectivity index (χ1n) is 6.64. The van der Waals surface area contributed by atoms with Crippen LogP contribution in [0, 0.1) is 5.92 Å². The summed E-state index contributed by atoms with van der Waals surface area (Å²) in [5.41, 5.74) is 5.84. The van der Waals surface area contributed by atoms with Crippen molar-refractivity contribution < 1.29 is 4.74 Å². The fourth-order valence-corrected chi connectivity index (χ4v) is 2.52. The molecule has 96 valence electrons. The van der Waals surface area contributed by atoms with Crippen LogP contribution in [0.1, 0.15) is 39.5 Å². The summed E-state index contributed by atoms with van der Waals surface area (Å²) in [5, 5.41) is 0. The van der Waals surface area contributed by atoms with Crippen molar-refractivity contribution in [1.82, 2.24) is 4.90 Å². The summed E-state index contributed by atoms with van der Waals surface area (Å²) in [6.45, 7) is 7.70. The molecule has 2 N–H and O–H groups in total. The molecule has 0 amide bonds. The maximum absolute atomic E-state index is 5.84. The fraction of sp³-hybridized carbons (Fsp3) is 1.00. The van der Waals surface area contributed by atoms with E-state index in [2.05, 4.69) is 18.7 Å². The molecule has 0 bridgehead atoms. The molecule has 2 atom stereocenters. The largest absolute Gasteiger partial charge is 0.381 e. The first-order valence-corrected chi connectivity index (χ1v) is 6.64. The van der Waals surface area contributed by atoms with Gasteiger partial charge in [-0.25, -0.2) is 0 Å². The molecule has 1 rings (SSSR count). The van der Waals surface area contributed by atoms with Gasteiger partial charge < -0.3 is 10.5 Å². The van der Waals surface area contributed by atoms with Crippen LogP contribution in [0.25, 0.3) is 0 Å². The van der Waals surface area contributed by atoms with Crippen LogP contribution in [0.2, 0.25) is 0 Å². The van der Waals surface area contributed by atoms with E-state index in [-0.39, 0.29) is 0 Å². The molecule has 1 aliphatic heterocycles. The molecule has 1 fully saturated rings. The molecule has 0 saturated carbocycles. The zero-order valence-corrected chi connectivity index (χ0v) is 11.1. The molecule has 1 saturated heterocycles. The molecule has 2 unspecified atom stereocenters. The average molecular weight is 228 g/mol. The summed E-state index contributed by atoms with van der Waals surface area (Å²) >= 11 is 0. The van der Waals surface area contributed by atoms with Gasteiger partial charge in [-0.1, -0.05) is 13.8 Å². The Kier molecular flexibility index (Phi) is 6.32. The zero-order chi connectivity index (χ0) is 12.0. The third-order valence-corrected chi connectivity index (χ3v) is 3.62. The summed E-state index contributed by atoms with van der Waals surface area (Å²) in [4.78, 5) is 2.55. The topological polar surface area (TPSA) is 38.5 Å². The maximum Gasteiger partial charge on any atom is 0.0599 e. The van der Waals surface area contributed by atoms with Crippen LogP contribution >= 0.6 is 0 Å². The lowest BCUT2D eigenvalue weighted by Crippen LogP contribution is -2.48. The van der Waals surface area contributed by atoms with E-state index in [1.165, 1.54) is 19.4 Å². The van der Waals surface area contributed by atoms with Crippen molar-refractivity contribution in [2.75, 3.05) is 26.7 Å². The Labute approximate surface area is 100 Å². The highest BCUT2D eigenvalue weighted by Gasteiger charge is 2.26. The number of methoxy groups -OCH3 is 1. The lowest BCUT2D eigenvalue weighted by atomic mass is 9.98. The number of piperidine rings is 1. The lowest BCUT2D eigenvalue weighted by molar-refractivity contribution is 0.0126. The second kappa shape index (κ2) is 7.25. The Bertz CT molecular complexity index is 185. The number of likely N-dealkylation sites (tertiary alicyclic amines) is 1. The second-order valence-electron chi connectivity index (χ2n) is 5.34. The molecule has 0 aliphatic carbocycles. The van der Waals surface area contributed by atoms with E-state index in [4.69, 9.17) is 10.5 Å². The van der Waals surface area contributed by atoms with Gasteiger partial charge in [-0.15, -0.1) is 0 Å². The average Bonchev–Trinajstić information content (AvgIpc) is 2.29. The summed E-state index contributed by atoms with van der Waals surface area (Å²) in [5.74, 6) is 0.813. The number of hydrogen-bond acceptors (Lipinski definition) is 3. The van der Waals surface area contributed by atoms with Crippen LogP contribution in [0.3, 0.4) is 0 Å². The van der Waals surface area contributed by atoms with Gasteiger partial charge in [0.2, 0.25) is 0 Å². The van der Waals surface area contributed by atoms with Crippen molar-refractivity contribution in [2.45, 2.75) is 51.7 Å². The molecule has 1 aliphatic rings. The van der Waals surface area contributed by atoms with Crippen molar-refractivity contribution in [2.24, 2.45) is 11.7 Å². The van der Waals surface area contributed by atoms with Crippen molar-refractivity contribution in [1.29, 1.82) is 0 Å². The molecule has 3 heteroatoms. The van der Waals surface area contributed by atoms with Gasteiger partial charge in [-0.3, -0.25) is 4.90 Å². The minimum absolute atomic E-state index is 0.426. The zero-order valence-electron chi connectivity index (χ0n) is 11.1. The number of nitrogens with zero attached hydrogens (tertiary/aromatic N) is 1. The Morgan fingerprint density at radius 3 is 2.75 bits per heavy atom. The number of ether oxygens (including phenoxy) is 1. The highest BCUT2D eigenvalue weighted by Crippen LogP contribution is 2.20. The lowest BCUT2D eigenvalue weighted by Gasteiger charge is -2.38. The molecule has 0 aromatic heterocycles. The summed E-state index contributed by atoms with van der Waals surface area (Å²) in [6, 6.07) is 0.533. The van der Waals surface area contributed by atoms with Gasteiger partial charge in [0.1, 0.15) is 0 Å². The Morgan fingerprint density at radius 2 is 2.19 bits per heavy atom. The van der Waals surface area contributed by atoms with Crippen LogP contribution in [-0.4, -0.2) is 43.8 Å². The van der Waals surface area contributed by atoms with Crippen LogP contribution in [-0.2, 0) is 4.74 Å². The first-order chi connectivity index (χ1) is 7.67. The van der Waals surface area contributed by atoms with Gasteiger partial charge in [0.25, 0.3) is 0 Å². The third-order valence-electron chi connectivity index (χ3n) is 3.62. The fourth-order valence-electron chi connectivity index (χ4n) is 2.52. The van der Waals surface area contributed by atoms with Gasteiger partial charge in [0, 0.05) is 26.2 Å². The monoisotopic (exact) mass is 228 g/mol. The number of nitrogens with two attached hydrogens (primary N) is 1. The van der Waals surface area contributed by atoms with Crippen LogP contribution in [0.15, 0.2) is 0 Å². The minimum atomic E-state index is 0.426. The van der Waals surface area contributed by atoms with Gasteiger partial charge in [-0.2, -0.15) is 0 Å². The Morgan fingerprint density at radius 1 is 1.44 bits per heavy atom. The molecular formula is C13H28N2O.